The monoisotopic (exact) mass is 360 g/mol. The molecule has 0 aliphatic heterocycles. The predicted molar refractivity (Wildman–Crippen MR) is 100 cm³/mol. The molecule has 0 aliphatic carbocycles. The lowest BCUT2D eigenvalue weighted by molar-refractivity contribution is 0.0950. The largest absolute Gasteiger partial charge is 0.352 e. The van der Waals surface area contributed by atoms with Gasteiger partial charge in [-0.2, -0.15) is 0 Å². The van der Waals surface area contributed by atoms with E-state index in [9.17, 15) is 9.59 Å². The first-order valence-corrected chi connectivity index (χ1v) is 9.33. The highest BCUT2D eigenvalue weighted by Gasteiger charge is 2.14. The maximum absolute atomic E-state index is 12.3. The second-order valence-electron chi connectivity index (χ2n) is 6.22. The van der Waals surface area contributed by atoms with Gasteiger partial charge in [0.25, 0.3) is 11.8 Å². The van der Waals surface area contributed by atoms with E-state index < -0.39 is 0 Å². The second kappa shape index (κ2) is 9.27. The van der Waals surface area contributed by atoms with Crippen molar-refractivity contribution in [3.05, 3.63) is 39.8 Å². The SMILES string of the molecule is CCCc1nnc(C(=O)Nc2cccc(C(=O)NCCC(C)C)c2)s1. The molecule has 0 fully saturated rings. The summed E-state index contributed by atoms with van der Waals surface area (Å²) in [5.41, 5.74) is 1.08. The van der Waals surface area contributed by atoms with Crippen LogP contribution in [0.4, 0.5) is 5.69 Å². The smallest absolute Gasteiger partial charge is 0.286 e. The number of rotatable bonds is 8. The van der Waals surface area contributed by atoms with Gasteiger partial charge in [0.15, 0.2) is 0 Å². The van der Waals surface area contributed by atoms with Gasteiger partial charge in [0, 0.05) is 24.2 Å². The molecule has 1 aromatic carbocycles. The van der Waals surface area contributed by atoms with Crippen LogP contribution < -0.4 is 10.6 Å². The van der Waals surface area contributed by atoms with Crippen molar-refractivity contribution in [2.45, 2.75) is 40.0 Å². The Bertz CT molecular complexity index is 727. The Morgan fingerprint density at radius 3 is 2.72 bits per heavy atom. The quantitative estimate of drug-likeness (QED) is 0.754. The van der Waals surface area contributed by atoms with Crippen LogP contribution >= 0.6 is 11.3 Å². The lowest BCUT2D eigenvalue weighted by Gasteiger charge is -2.08. The summed E-state index contributed by atoms with van der Waals surface area (Å²) in [6.07, 6.45) is 2.71. The van der Waals surface area contributed by atoms with Crippen molar-refractivity contribution in [1.29, 1.82) is 0 Å². The number of aryl methyl sites for hydroxylation is 1. The lowest BCUT2D eigenvalue weighted by atomic mass is 10.1. The molecular weight excluding hydrogens is 336 g/mol. The summed E-state index contributed by atoms with van der Waals surface area (Å²) < 4.78 is 0. The zero-order valence-corrected chi connectivity index (χ0v) is 15.7. The Labute approximate surface area is 152 Å². The lowest BCUT2D eigenvalue weighted by Crippen LogP contribution is -2.25. The zero-order chi connectivity index (χ0) is 18.2. The van der Waals surface area contributed by atoms with E-state index in [4.69, 9.17) is 0 Å². The maximum Gasteiger partial charge on any atom is 0.286 e. The number of benzene rings is 1. The van der Waals surface area contributed by atoms with Crippen LogP contribution in [-0.4, -0.2) is 28.6 Å². The number of nitrogens with zero attached hydrogens (tertiary/aromatic N) is 2. The Morgan fingerprint density at radius 1 is 1.20 bits per heavy atom. The minimum Gasteiger partial charge on any atom is -0.352 e. The van der Waals surface area contributed by atoms with Gasteiger partial charge in [0.05, 0.1) is 0 Å². The second-order valence-corrected chi connectivity index (χ2v) is 7.29. The first-order valence-electron chi connectivity index (χ1n) is 8.51. The Balaban J connectivity index is 1.98. The van der Waals surface area contributed by atoms with E-state index in [0.717, 1.165) is 24.3 Å². The third-order valence-electron chi connectivity index (χ3n) is 3.51. The van der Waals surface area contributed by atoms with E-state index in [-0.39, 0.29) is 11.8 Å². The van der Waals surface area contributed by atoms with E-state index in [2.05, 4.69) is 41.6 Å². The molecule has 0 saturated carbocycles. The maximum atomic E-state index is 12.3. The number of carbonyl (C=O) groups is 2. The molecule has 1 aromatic heterocycles. The number of amides is 2. The molecule has 0 atom stereocenters. The third-order valence-corrected chi connectivity index (χ3v) is 4.50. The van der Waals surface area contributed by atoms with E-state index in [1.807, 2.05) is 0 Å². The fourth-order valence-corrected chi connectivity index (χ4v) is 3.00. The van der Waals surface area contributed by atoms with Crippen LogP contribution in [0.25, 0.3) is 0 Å². The average molecular weight is 360 g/mol. The molecule has 0 bridgehead atoms. The molecule has 2 aromatic rings. The number of hydrogen-bond donors (Lipinski definition) is 2. The van der Waals surface area contributed by atoms with Crippen molar-refractivity contribution in [1.82, 2.24) is 15.5 Å². The number of hydrogen-bond acceptors (Lipinski definition) is 5. The van der Waals surface area contributed by atoms with Crippen molar-refractivity contribution < 1.29 is 9.59 Å². The van der Waals surface area contributed by atoms with E-state index in [0.29, 0.717) is 28.7 Å². The van der Waals surface area contributed by atoms with Crippen molar-refractivity contribution in [2.24, 2.45) is 5.92 Å². The van der Waals surface area contributed by atoms with Crippen molar-refractivity contribution >= 4 is 28.8 Å². The molecule has 25 heavy (non-hydrogen) atoms. The molecule has 2 N–H and O–H groups in total. The summed E-state index contributed by atoms with van der Waals surface area (Å²) in [5, 5.41) is 14.8. The van der Waals surface area contributed by atoms with Crippen LogP contribution in [0.5, 0.6) is 0 Å². The molecule has 0 spiro atoms. The summed E-state index contributed by atoms with van der Waals surface area (Å²) in [6.45, 7) is 6.92. The highest BCUT2D eigenvalue weighted by atomic mass is 32.1. The summed E-state index contributed by atoms with van der Waals surface area (Å²) in [5.74, 6) is 0.0885. The third kappa shape index (κ3) is 5.94. The molecule has 134 valence electrons. The van der Waals surface area contributed by atoms with Crippen LogP contribution in [-0.2, 0) is 6.42 Å². The Kier molecular flexibility index (Phi) is 7.06. The van der Waals surface area contributed by atoms with Crippen molar-refractivity contribution in [3.63, 3.8) is 0 Å². The van der Waals surface area contributed by atoms with Crippen molar-refractivity contribution in [2.75, 3.05) is 11.9 Å². The van der Waals surface area contributed by atoms with Gasteiger partial charge >= 0.3 is 0 Å². The zero-order valence-electron chi connectivity index (χ0n) is 14.8. The highest BCUT2D eigenvalue weighted by Crippen LogP contribution is 2.16. The van der Waals surface area contributed by atoms with Crippen LogP contribution in [0.3, 0.4) is 0 Å². The van der Waals surface area contributed by atoms with E-state index in [1.165, 1.54) is 11.3 Å². The van der Waals surface area contributed by atoms with Crippen LogP contribution in [0, 0.1) is 5.92 Å². The summed E-state index contributed by atoms with van der Waals surface area (Å²) in [6, 6.07) is 6.88. The van der Waals surface area contributed by atoms with Crippen molar-refractivity contribution in [3.8, 4) is 0 Å². The first-order chi connectivity index (χ1) is 12.0. The summed E-state index contributed by atoms with van der Waals surface area (Å²) >= 11 is 1.30. The molecule has 0 saturated heterocycles. The van der Waals surface area contributed by atoms with Gasteiger partial charge in [0.1, 0.15) is 5.01 Å². The summed E-state index contributed by atoms with van der Waals surface area (Å²) in [7, 11) is 0. The van der Waals surface area contributed by atoms with E-state index in [1.54, 1.807) is 24.3 Å². The molecule has 1 heterocycles. The fraction of sp³-hybridized carbons (Fsp3) is 0.444. The molecule has 7 heteroatoms. The molecule has 2 rings (SSSR count). The normalized spacial score (nSPS) is 10.7. The predicted octanol–water partition coefficient (Wildman–Crippen LogP) is 3.52. The first kappa shape index (κ1) is 19.1. The van der Waals surface area contributed by atoms with Gasteiger partial charge in [-0.1, -0.05) is 38.2 Å². The Hall–Kier alpha value is -2.28. The minimum absolute atomic E-state index is 0.141. The van der Waals surface area contributed by atoms with Crippen LogP contribution in [0.1, 0.15) is 58.8 Å². The molecule has 6 nitrogen and oxygen atoms in total. The molecule has 0 unspecified atom stereocenters. The van der Waals surface area contributed by atoms with E-state index >= 15 is 0 Å². The molecular formula is C18H24N4O2S. The van der Waals surface area contributed by atoms with Gasteiger partial charge in [0.2, 0.25) is 5.01 Å². The van der Waals surface area contributed by atoms with Gasteiger partial charge < -0.3 is 10.6 Å². The minimum atomic E-state index is -0.308. The average Bonchev–Trinajstić information content (AvgIpc) is 3.04. The molecule has 0 aliphatic rings. The van der Waals surface area contributed by atoms with Gasteiger partial charge in [-0.05, 0) is 37.0 Å². The standard InChI is InChI=1S/C18H24N4O2S/c1-4-6-15-21-22-18(25-15)17(24)20-14-8-5-7-13(11-14)16(23)19-10-9-12(2)3/h5,7-8,11-12H,4,6,9-10H2,1-3H3,(H,19,23)(H,20,24). The Morgan fingerprint density at radius 2 is 2.00 bits per heavy atom. The number of anilines is 1. The topological polar surface area (TPSA) is 84.0 Å². The fourth-order valence-electron chi connectivity index (χ4n) is 2.16. The number of aromatic nitrogens is 2. The van der Waals surface area contributed by atoms with Gasteiger partial charge in [-0.15, -0.1) is 10.2 Å². The highest BCUT2D eigenvalue weighted by molar-refractivity contribution is 7.13. The summed E-state index contributed by atoms with van der Waals surface area (Å²) in [4.78, 5) is 24.4. The number of carbonyl (C=O) groups excluding carboxylic acids is 2. The molecule has 2 amide bonds. The molecule has 0 radical (unpaired) electrons. The van der Waals surface area contributed by atoms with Gasteiger partial charge in [-0.3, -0.25) is 9.59 Å². The number of nitrogens with one attached hydrogen (secondary N) is 2. The van der Waals surface area contributed by atoms with Crippen LogP contribution in [0.15, 0.2) is 24.3 Å². The van der Waals surface area contributed by atoms with Gasteiger partial charge in [-0.25, -0.2) is 0 Å². The van der Waals surface area contributed by atoms with Crippen LogP contribution in [0.2, 0.25) is 0 Å².